The van der Waals surface area contributed by atoms with E-state index in [-0.39, 0.29) is 33.5 Å². The number of nitrogens with one attached hydrogen (secondary N) is 1. The lowest BCUT2D eigenvalue weighted by Crippen LogP contribution is -2.54. The zero-order valence-electron chi connectivity index (χ0n) is 15.4. The lowest BCUT2D eigenvalue weighted by Gasteiger charge is -2.38. The largest absolute Gasteiger partial charge is 0.368 e. The molecule has 0 spiro atoms. The zero-order chi connectivity index (χ0) is 19.5. The number of carbonyl (C=O) groups excluding carboxylic acids is 1. The summed E-state index contributed by atoms with van der Waals surface area (Å²) in [5, 5.41) is 1.95. The molecule has 9 heteroatoms. The van der Waals surface area contributed by atoms with Crippen LogP contribution in [-0.4, -0.2) is 56.8 Å². The number of rotatable bonds is 5. The van der Waals surface area contributed by atoms with Gasteiger partial charge in [-0.15, -0.1) is 4.40 Å². The number of benzene rings is 1. The van der Waals surface area contributed by atoms with Crippen molar-refractivity contribution in [3.05, 3.63) is 28.8 Å². The highest BCUT2D eigenvalue weighted by molar-refractivity contribution is 7.90. The average molecular weight is 401 g/mol. The minimum absolute atomic E-state index is 0.0252. The van der Waals surface area contributed by atoms with Crippen LogP contribution < -0.4 is 5.43 Å². The van der Waals surface area contributed by atoms with Crippen LogP contribution in [0.15, 0.2) is 27.5 Å². The second-order valence-electron chi connectivity index (χ2n) is 6.78. The first-order valence-electron chi connectivity index (χ1n) is 8.47. The van der Waals surface area contributed by atoms with Crippen LogP contribution in [0, 0.1) is 0 Å². The maximum atomic E-state index is 12.6. The van der Waals surface area contributed by atoms with E-state index in [9.17, 15) is 13.2 Å². The standard InChI is InChI=1S/C17H25ClN4O3S/c1-12-6-5-7-13(2)22(12)20-17(23)14-8-9-15(18)16(10-14)26(24,25)19-11-21(3)4/h8-13H,5-7H2,1-4H3,(H,20,23)/t12-,13+. The van der Waals surface area contributed by atoms with E-state index in [2.05, 4.69) is 23.7 Å². The van der Waals surface area contributed by atoms with Gasteiger partial charge < -0.3 is 4.90 Å². The molecule has 1 aromatic rings. The number of carbonyl (C=O) groups is 1. The van der Waals surface area contributed by atoms with Crippen molar-refractivity contribution >= 4 is 33.9 Å². The SMILES string of the molecule is C[C@@H]1CCC[C@H](C)N1NC(=O)c1ccc(Cl)c(S(=O)(=O)N=CN(C)C)c1. The Balaban J connectivity index is 2.27. The number of hydrogen-bond donors (Lipinski definition) is 1. The lowest BCUT2D eigenvalue weighted by atomic mass is 10.00. The molecule has 1 amide bonds. The first-order valence-corrected chi connectivity index (χ1v) is 10.3. The Morgan fingerprint density at radius 3 is 2.50 bits per heavy atom. The summed E-state index contributed by atoms with van der Waals surface area (Å²) in [6, 6.07) is 4.62. The van der Waals surface area contributed by atoms with Gasteiger partial charge in [0.15, 0.2) is 0 Å². The van der Waals surface area contributed by atoms with E-state index < -0.39 is 10.0 Å². The van der Waals surface area contributed by atoms with Gasteiger partial charge in [0.1, 0.15) is 11.2 Å². The minimum Gasteiger partial charge on any atom is -0.368 e. The van der Waals surface area contributed by atoms with Crippen LogP contribution in [0.4, 0.5) is 0 Å². The van der Waals surface area contributed by atoms with Crippen molar-refractivity contribution in [2.75, 3.05) is 14.1 Å². The maximum absolute atomic E-state index is 12.6. The van der Waals surface area contributed by atoms with E-state index >= 15 is 0 Å². The van der Waals surface area contributed by atoms with Gasteiger partial charge in [-0.1, -0.05) is 18.0 Å². The summed E-state index contributed by atoms with van der Waals surface area (Å²) in [5.41, 5.74) is 3.11. The highest BCUT2D eigenvalue weighted by Gasteiger charge is 2.27. The van der Waals surface area contributed by atoms with Crippen molar-refractivity contribution in [3.8, 4) is 0 Å². The van der Waals surface area contributed by atoms with Gasteiger partial charge in [0.2, 0.25) is 0 Å². The maximum Gasteiger partial charge on any atom is 0.285 e. The first-order chi connectivity index (χ1) is 12.1. The molecule has 0 saturated carbocycles. The van der Waals surface area contributed by atoms with Crippen molar-refractivity contribution in [3.63, 3.8) is 0 Å². The lowest BCUT2D eigenvalue weighted by molar-refractivity contribution is 0.0369. The van der Waals surface area contributed by atoms with Crippen LogP contribution in [0.1, 0.15) is 43.5 Å². The van der Waals surface area contributed by atoms with Crippen molar-refractivity contribution in [1.29, 1.82) is 0 Å². The van der Waals surface area contributed by atoms with Crippen molar-refractivity contribution < 1.29 is 13.2 Å². The van der Waals surface area contributed by atoms with Gasteiger partial charge in [-0.05, 0) is 44.9 Å². The van der Waals surface area contributed by atoms with E-state index in [1.807, 2.05) is 5.01 Å². The van der Waals surface area contributed by atoms with Crippen LogP contribution in [0.3, 0.4) is 0 Å². The molecule has 1 aromatic carbocycles. The van der Waals surface area contributed by atoms with Crippen LogP contribution in [-0.2, 0) is 10.0 Å². The predicted molar refractivity (Wildman–Crippen MR) is 103 cm³/mol. The molecule has 0 aliphatic carbocycles. The molecule has 0 unspecified atom stereocenters. The summed E-state index contributed by atoms with van der Waals surface area (Å²) in [4.78, 5) is 13.9. The van der Waals surface area contributed by atoms with Crippen molar-refractivity contribution in [2.45, 2.75) is 50.1 Å². The molecule has 1 fully saturated rings. The molecule has 1 heterocycles. The van der Waals surface area contributed by atoms with Crippen LogP contribution in [0.2, 0.25) is 5.02 Å². The fourth-order valence-corrected chi connectivity index (χ4v) is 4.31. The monoisotopic (exact) mass is 400 g/mol. The quantitative estimate of drug-likeness (QED) is 0.606. The molecule has 144 valence electrons. The normalized spacial score (nSPS) is 21.7. The fraction of sp³-hybridized carbons (Fsp3) is 0.529. The Bertz CT molecular complexity index is 785. The Morgan fingerprint density at radius 2 is 1.92 bits per heavy atom. The molecular weight excluding hydrogens is 376 g/mol. The number of halogens is 1. The molecule has 2 atom stereocenters. The van der Waals surface area contributed by atoms with Gasteiger partial charge in [-0.25, -0.2) is 5.01 Å². The zero-order valence-corrected chi connectivity index (χ0v) is 17.0. The van der Waals surface area contributed by atoms with Gasteiger partial charge in [-0.3, -0.25) is 10.2 Å². The van der Waals surface area contributed by atoms with Crippen molar-refractivity contribution in [1.82, 2.24) is 15.3 Å². The molecule has 0 radical (unpaired) electrons. The predicted octanol–water partition coefficient (Wildman–Crippen LogP) is 2.53. The first kappa shape index (κ1) is 20.7. The highest BCUT2D eigenvalue weighted by atomic mass is 35.5. The van der Waals surface area contributed by atoms with Gasteiger partial charge in [0, 0.05) is 31.7 Å². The number of nitrogens with zero attached hydrogens (tertiary/aromatic N) is 3. The molecule has 0 bridgehead atoms. The third kappa shape index (κ3) is 4.96. The van der Waals surface area contributed by atoms with Gasteiger partial charge in [0.25, 0.3) is 15.9 Å². The minimum atomic E-state index is -3.99. The Hall–Kier alpha value is -1.64. The highest BCUT2D eigenvalue weighted by Crippen LogP contribution is 2.25. The molecule has 1 aliphatic heterocycles. The Labute approximate surface area is 160 Å². The molecule has 1 aliphatic rings. The second kappa shape index (κ2) is 8.37. The van der Waals surface area contributed by atoms with Crippen LogP contribution in [0.5, 0.6) is 0 Å². The number of hydrazine groups is 1. The van der Waals surface area contributed by atoms with Crippen LogP contribution in [0.25, 0.3) is 0 Å². The molecule has 1 saturated heterocycles. The Kier molecular flexibility index (Phi) is 6.65. The second-order valence-corrected chi connectivity index (χ2v) is 8.79. The summed E-state index contributed by atoms with van der Waals surface area (Å²) in [7, 11) is -0.678. The summed E-state index contributed by atoms with van der Waals surface area (Å²) in [6.07, 6.45) is 4.31. The molecular formula is C17H25ClN4O3S. The van der Waals surface area contributed by atoms with Gasteiger partial charge in [-0.2, -0.15) is 8.42 Å². The third-order valence-electron chi connectivity index (χ3n) is 4.31. The number of amides is 1. The molecule has 7 nitrogen and oxygen atoms in total. The number of sulfonamides is 1. The fourth-order valence-electron chi connectivity index (χ4n) is 2.88. The molecule has 2 rings (SSSR count). The van der Waals surface area contributed by atoms with Crippen molar-refractivity contribution in [2.24, 2.45) is 4.40 Å². The molecule has 1 N–H and O–H groups in total. The summed E-state index contributed by atoms with van der Waals surface area (Å²) in [6.45, 7) is 4.12. The summed E-state index contributed by atoms with van der Waals surface area (Å²) >= 11 is 6.03. The van der Waals surface area contributed by atoms with Gasteiger partial charge >= 0.3 is 0 Å². The van der Waals surface area contributed by atoms with E-state index in [1.54, 1.807) is 14.1 Å². The van der Waals surface area contributed by atoms with Gasteiger partial charge in [0.05, 0.1) is 5.02 Å². The number of piperidine rings is 1. The third-order valence-corrected chi connectivity index (χ3v) is 6.02. The summed E-state index contributed by atoms with van der Waals surface area (Å²) < 4.78 is 28.3. The Morgan fingerprint density at radius 1 is 1.31 bits per heavy atom. The number of hydrogen-bond acceptors (Lipinski definition) is 4. The molecule has 0 aromatic heterocycles. The van der Waals surface area contributed by atoms with E-state index in [1.165, 1.54) is 29.4 Å². The van der Waals surface area contributed by atoms with E-state index in [0.29, 0.717) is 0 Å². The average Bonchev–Trinajstić information content (AvgIpc) is 2.56. The van der Waals surface area contributed by atoms with E-state index in [0.717, 1.165) is 19.3 Å². The smallest absolute Gasteiger partial charge is 0.285 e. The summed E-state index contributed by atoms with van der Waals surface area (Å²) in [5.74, 6) is -0.365. The topological polar surface area (TPSA) is 82.1 Å². The van der Waals surface area contributed by atoms with Crippen LogP contribution >= 0.6 is 11.6 Å². The van der Waals surface area contributed by atoms with E-state index in [4.69, 9.17) is 11.6 Å². The molecule has 26 heavy (non-hydrogen) atoms.